The monoisotopic (exact) mass is 460 g/mol. The smallest absolute Gasteiger partial charge is 0.338 e. The molecular formula is C30H36O4. The van der Waals surface area contributed by atoms with Gasteiger partial charge in [0.2, 0.25) is 0 Å². The van der Waals surface area contributed by atoms with E-state index in [1.54, 1.807) is 36.4 Å². The molecule has 0 radical (unpaired) electrons. The number of hydrogen-bond acceptors (Lipinski definition) is 3. The van der Waals surface area contributed by atoms with Gasteiger partial charge in [-0.15, -0.1) is 0 Å². The molecule has 180 valence electrons. The van der Waals surface area contributed by atoms with Crippen LogP contribution in [0.3, 0.4) is 0 Å². The Morgan fingerprint density at radius 2 is 1.38 bits per heavy atom. The molecule has 1 N–H and O–H groups in total. The molecule has 0 aliphatic carbocycles. The first kappa shape index (κ1) is 26.8. The number of benzene rings is 3. The molecule has 0 heterocycles. The molecule has 3 aromatic carbocycles. The second-order valence-electron chi connectivity index (χ2n) is 8.27. The lowest BCUT2D eigenvalue weighted by molar-refractivity contribution is 0.0253. The number of ether oxygens (including phenoxy) is 1. The minimum Gasteiger partial charge on any atom is -0.478 e. The third-order valence-electron chi connectivity index (χ3n) is 5.79. The number of hydrogen-bond donors (Lipinski definition) is 1. The predicted molar refractivity (Wildman–Crippen MR) is 137 cm³/mol. The third-order valence-corrected chi connectivity index (χ3v) is 5.79. The van der Waals surface area contributed by atoms with Crippen molar-refractivity contribution < 1.29 is 19.4 Å². The average Bonchev–Trinajstić information content (AvgIpc) is 2.88. The average molecular weight is 461 g/mol. The maximum atomic E-state index is 12.3. The van der Waals surface area contributed by atoms with E-state index in [0.717, 1.165) is 12.0 Å². The summed E-state index contributed by atoms with van der Waals surface area (Å²) in [5.74, 6) is -1.24. The van der Waals surface area contributed by atoms with Gasteiger partial charge < -0.3 is 9.84 Å². The van der Waals surface area contributed by atoms with Gasteiger partial charge in [0.15, 0.2) is 0 Å². The maximum absolute atomic E-state index is 12.3. The van der Waals surface area contributed by atoms with Crippen molar-refractivity contribution in [3.8, 4) is 0 Å². The number of carboxylic acids is 1. The van der Waals surface area contributed by atoms with E-state index in [-0.39, 0.29) is 18.0 Å². The van der Waals surface area contributed by atoms with Crippen LogP contribution >= 0.6 is 0 Å². The van der Waals surface area contributed by atoms with Crippen LogP contribution in [-0.4, -0.2) is 23.1 Å². The van der Waals surface area contributed by atoms with E-state index in [1.165, 1.54) is 18.4 Å². The van der Waals surface area contributed by atoms with E-state index in [9.17, 15) is 14.7 Å². The van der Waals surface area contributed by atoms with Crippen LogP contribution in [0.25, 0.3) is 0 Å². The number of carbonyl (C=O) groups is 2. The Kier molecular flexibility index (Phi) is 11.6. The number of aryl methyl sites for hydroxylation is 1. The summed E-state index contributed by atoms with van der Waals surface area (Å²) < 4.78 is 5.65. The Balaban J connectivity index is 0.000000379. The molecule has 0 aromatic heterocycles. The summed E-state index contributed by atoms with van der Waals surface area (Å²) in [6.45, 7) is 6.20. The van der Waals surface area contributed by atoms with Gasteiger partial charge in [-0.3, -0.25) is 0 Å². The standard InChI is InChI=1S/C21H24O4.C9H12/c1-3-15(18-12-8-9-13-19(18)20(22)23)14-17(4-2)25-21(24)16-10-6-5-7-11-16;1-2-6-9-7-4-3-5-8-9/h5-13,15,17H,3-4,14H2,1-2H3,(H,22,23);3-5,7-8H,2,6H2,1H3. The summed E-state index contributed by atoms with van der Waals surface area (Å²) in [7, 11) is 0. The lowest BCUT2D eigenvalue weighted by atomic mass is 9.87. The first-order valence-electron chi connectivity index (χ1n) is 12.1. The van der Waals surface area contributed by atoms with Crippen LogP contribution in [-0.2, 0) is 11.2 Å². The van der Waals surface area contributed by atoms with E-state index in [1.807, 2.05) is 32.0 Å². The molecule has 0 amide bonds. The Bertz CT molecular complexity index is 999. The molecule has 0 fully saturated rings. The lowest BCUT2D eigenvalue weighted by Crippen LogP contribution is -2.21. The lowest BCUT2D eigenvalue weighted by Gasteiger charge is -2.23. The summed E-state index contributed by atoms with van der Waals surface area (Å²) >= 11 is 0. The van der Waals surface area contributed by atoms with Crippen LogP contribution in [0.1, 0.15) is 84.2 Å². The number of esters is 1. The van der Waals surface area contributed by atoms with Crippen molar-refractivity contribution in [1.29, 1.82) is 0 Å². The van der Waals surface area contributed by atoms with Crippen molar-refractivity contribution in [2.75, 3.05) is 0 Å². The van der Waals surface area contributed by atoms with Crippen molar-refractivity contribution in [1.82, 2.24) is 0 Å². The molecular weight excluding hydrogens is 424 g/mol. The Morgan fingerprint density at radius 1 is 0.794 bits per heavy atom. The molecule has 0 saturated heterocycles. The molecule has 0 spiro atoms. The molecule has 0 aliphatic heterocycles. The van der Waals surface area contributed by atoms with Gasteiger partial charge in [-0.25, -0.2) is 9.59 Å². The number of carbonyl (C=O) groups excluding carboxylic acids is 1. The van der Waals surface area contributed by atoms with Crippen LogP contribution in [0.2, 0.25) is 0 Å². The molecule has 2 atom stereocenters. The molecule has 0 aliphatic rings. The van der Waals surface area contributed by atoms with Gasteiger partial charge in [0, 0.05) is 0 Å². The van der Waals surface area contributed by atoms with Crippen LogP contribution in [0, 0.1) is 0 Å². The van der Waals surface area contributed by atoms with Gasteiger partial charge in [0.1, 0.15) is 6.10 Å². The number of aromatic carboxylic acids is 1. The largest absolute Gasteiger partial charge is 0.478 e. The molecule has 0 saturated carbocycles. The zero-order valence-corrected chi connectivity index (χ0v) is 20.4. The van der Waals surface area contributed by atoms with Crippen LogP contribution in [0.5, 0.6) is 0 Å². The Labute approximate surface area is 203 Å². The van der Waals surface area contributed by atoms with Crippen molar-refractivity contribution in [2.24, 2.45) is 0 Å². The van der Waals surface area contributed by atoms with Crippen molar-refractivity contribution in [2.45, 2.75) is 64.9 Å². The molecule has 2 unspecified atom stereocenters. The van der Waals surface area contributed by atoms with Crippen molar-refractivity contribution >= 4 is 11.9 Å². The fourth-order valence-electron chi connectivity index (χ4n) is 3.90. The van der Waals surface area contributed by atoms with E-state index in [2.05, 4.69) is 37.3 Å². The molecule has 3 aromatic rings. The highest BCUT2D eigenvalue weighted by Gasteiger charge is 2.23. The first-order valence-corrected chi connectivity index (χ1v) is 12.1. The summed E-state index contributed by atoms with van der Waals surface area (Å²) in [6, 6.07) is 26.5. The predicted octanol–water partition coefficient (Wildman–Crippen LogP) is 7.54. The van der Waals surface area contributed by atoms with E-state index in [4.69, 9.17) is 4.74 Å². The van der Waals surface area contributed by atoms with Gasteiger partial charge >= 0.3 is 11.9 Å². The van der Waals surface area contributed by atoms with Gasteiger partial charge in [-0.1, -0.05) is 93.9 Å². The van der Waals surface area contributed by atoms with Gasteiger partial charge in [0.05, 0.1) is 11.1 Å². The quantitative estimate of drug-likeness (QED) is 0.317. The van der Waals surface area contributed by atoms with Crippen molar-refractivity contribution in [3.05, 3.63) is 107 Å². The molecule has 4 nitrogen and oxygen atoms in total. The highest BCUT2D eigenvalue weighted by molar-refractivity contribution is 5.90. The fourth-order valence-corrected chi connectivity index (χ4v) is 3.90. The minimum absolute atomic E-state index is 0.0285. The van der Waals surface area contributed by atoms with E-state index in [0.29, 0.717) is 24.0 Å². The number of carboxylic acid groups (broad SMARTS) is 1. The van der Waals surface area contributed by atoms with Gasteiger partial charge in [-0.2, -0.15) is 0 Å². The summed E-state index contributed by atoms with van der Waals surface area (Å²) in [5, 5.41) is 9.41. The summed E-state index contributed by atoms with van der Waals surface area (Å²) in [6.07, 6.45) is 4.27. The SMILES string of the molecule is CCC(CC(CC)c1ccccc1C(=O)O)OC(=O)c1ccccc1.CCCc1ccccc1. The van der Waals surface area contributed by atoms with Crippen LogP contribution in [0.15, 0.2) is 84.9 Å². The molecule has 3 rings (SSSR count). The normalized spacial score (nSPS) is 12.1. The van der Waals surface area contributed by atoms with E-state index >= 15 is 0 Å². The second kappa shape index (κ2) is 14.7. The second-order valence-corrected chi connectivity index (χ2v) is 8.27. The summed E-state index contributed by atoms with van der Waals surface area (Å²) in [5.41, 5.74) is 3.09. The summed E-state index contributed by atoms with van der Waals surface area (Å²) in [4.78, 5) is 23.8. The first-order chi connectivity index (χ1) is 16.5. The highest BCUT2D eigenvalue weighted by atomic mass is 16.5. The highest BCUT2D eigenvalue weighted by Crippen LogP contribution is 2.30. The Hall–Kier alpha value is -3.40. The van der Waals surface area contributed by atoms with Crippen LogP contribution in [0.4, 0.5) is 0 Å². The topological polar surface area (TPSA) is 63.6 Å². The van der Waals surface area contributed by atoms with Gasteiger partial charge in [-0.05, 0) is 60.9 Å². The minimum atomic E-state index is -0.927. The van der Waals surface area contributed by atoms with Crippen molar-refractivity contribution in [3.63, 3.8) is 0 Å². The zero-order valence-electron chi connectivity index (χ0n) is 20.4. The van der Waals surface area contributed by atoms with E-state index < -0.39 is 5.97 Å². The van der Waals surface area contributed by atoms with Gasteiger partial charge in [0.25, 0.3) is 0 Å². The fraction of sp³-hybridized carbons (Fsp3) is 0.333. The van der Waals surface area contributed by atoms with Crippen LogP contribution < -0.4 is 0 Å². The molecule has 0 bridgehead atoms. The molecule has 4 heteroatoms. The zero-order chi connectivity index (χ0) is 24.8. The number of rotatable bonds is 10. The molecule has 34 heavy (non-hydrogen) atoms. The third kappa shape index (κ3) is 8.51. The maximum Gasteiger partial charge on any atom is 0.338 e. The Morgan fingerprint density at radius 3 is 1.94 bits per heavy atom.